The summed E-state index contributed by atoms with van der Waals surface area (Å²) in [5, 5.41) is 6.35. The highest BCUT2D eigenvalue weighted by Gasteiger charge is 2.53. The third kappa shape index (κ3) is 7.62. The number of pyridine rings is 1. The molecule has 16 rings (SSSR count). The maximum absolute atomic E-state index is 4.50. The Morgan fingerprint density at radius 2 is 1.21 bits per heavy atom. The van der Waals surface area contributed by atoms with Crippen LogP contribution < -0.4 is 10.2 Å². The fraction of sp³-hybridized carbons (Fsp3) is 0.0897. The molecule has 3 unspecified atom stereocenters. The molecule has 4 heteroatoms. The van der Waals surface area contributed by atoms with Crippen molar-refractivity contribution in [2.45, 2.75) is 37.1 Å². The molecule has 1 aliphatic heterocycles. The van der Waals surface area contributed by atoms with Crippen molar-refractivity contribution in [2.75, 3.05) is 10.2 Å². The molecule has 3 atom stereocenters. The van der Waals surface area contributed by atoms with E-state index in [0.29, 0.717) is 0 Å². The van der Waals surface area contributed by atoms with Gasteiger partial charge in [-0.1, -0.05) is 206 Å². The van der Waals surface area contributed by atoms with E-state index in [-0.39, 0.29) is 17.4 Å². The van der Waals surface area contributed by atoms with Crippen LogP contribution in [0.2, 0.25) is 0 Å². The van der Waals surface area contributed by atoms with Crippen LogP contribution in [-0.2, 0) is 5.41 Å². The summed E-state index contributed by atoms with van der Waals surface area (Å²) < 4.78 is 2.41. The minimum atomic E-state index is -0.368. The molecular weight excluding hydrogens is 993 g/mol. The molecule has 1 saturated heterocycles. The van der Waals surface area contributed by atoms with Crippen LogP contribution in [0.4, 0.5) is 11.4 Å². The van der Waals surface area contributed by atoms with E-state index >= 15 is 0 Å². The molecule has 1 fully saturated rings. The number of hydrogen-bond donors (Lipinski definition) is 1. The highest BCUT2D eigenvalue weighted by molar-refractivity contribution is 6.10. The fourth-order valence-corrected chi connectivity index (χ4v) is 14.5. The number of hydrogen-bond acceptors (Lipinski definition) is 3. The summed E-state index contributed by atoms with van der Waals surface area (Å²) in [5.41, 5.74) is 27.6. The highest BCUT2D eigenvalue weighted by Crippen LogP contribution is 2.64. The average Bonchev–Trinajstić information content (AvgIpc) is 2.47. The van der Waals surface area contributed by atoms with Gasteiger partial charge in [0.1, 0.15) is 0 Å². The Balaban J connectivity index is 0.813. The monoisotopic (exact) mass is 1050 g/mol. The third-order valence-corrected chi connectivity index (χ3v) is 18.1. The quantitative estimate of drug-likeness (QED) is 0.156. The van der Waals surface area contributed by atoms with Crippen molar-refractivity contribution in [3.8, 4) is 39.1 Å². The maximum Gasteiger partial charge on any atom is 0.0719 e. The van der Waals surface area contributed by atoms with E-state index in [2.05, 4.69) is 287 Å². The summed E-state index contributed by atoms with van der Waals surface area (Å²) in [6.07, 6.45) is 36.3. The number of aromatic nitrogens is 2. The van der Waals surface area contributed by atoms with Crippen LogP contribution >= 0.6 is 0 Å². The Hall–Kier alpha value is -10.0. The molecule has 0 saturated carbocycles. The van der Waals surface area contributed by atoms with E-state index in [4.69, 9.17) is 0 Å². The second-order valence-electron chi connectivity index (χ2n) is 22.4. The number of anilines is 2. The Kier molecular flexibility index (Phi) is 11.5. The van der Waals surface area contributed by atoms with Gasteiger partial charge in [-0.3, -0.25) is 4.98 Å². The van der Waals surface area contributed by atoms with Crippen molar-refractivity contribution in [1.29, 1.82) is 0 Å². The van der Waals surface area contributed by atoms with Gasteiger partial charge in [0.05, 0.1) is 22.5 Å². The van der Waals surface area contributed by atoms with Crippen molar-refractivity contribution in [3.63, 3.8) is 0 Å². The first-order valence-corrected chi connectivity index (χ1v) is 29.0. The Bertz CT molecular complexity index is 4500. The first kappa shape index (κ1) is 47.9. The van der Waals surface area contributed by atoms with Gasteiger partial charge in [0.15, 0.2) is 0 Å². The number of rotatable bonds is 9. The summed E-state index contributed by atoms with van der Waals surface area (Å²) in [6, 6.07) is 73.6. The van der Waals surface area contributed by atoms with Gasteiger partial charge in [-0.2, -0.15) is 0 Å². The maximum atomic E-state index is 4.50. The van der Waals surface area contributed by atoms with Crippen LogP contribution in [0, 0.1) is 5.92 Å². The van der Waals surface area contributed by atoms with Crippen LogP contribution in [0.15, 0.2) is 302 Å². The minimum absolute atomic E-state index is 0.0823. The molecule has 1 N–H and O–H groups in total. The predicted molar refractivity (Wildman–Crippen MR) is 342 cm³/mol. The van der Waals surface area contributed by atoms with Gasteiger partial charge in [-0.15, -0.1) is 0 Å². The molecule has 82 heavy (non-hydrogen) atoms. The SMILES string of the molecule is C1=CC2C(=C\Nc3ccc4c5ccccc5n(-c5ccc(-c6ccccc6)cc5)c4c3)/C(=C\C=C/c3cccc4c3C3=C(C=CCC3)C43C4=C(CCC=C4)c4cc(-c5cccnc5)ccc43)N(c3ccc(-c4ccccc4)cc3)C2C=C1. The molecule has 1 spiro atoms. The van der Waals surface area contributed by atoms with Crippen LogP contribution in [-0.4, -0.2) is 15.6 Å². The van der Waals surface area contributed by atoms with E-state index in [1.165, 1.54) is 99.8 Å². The first-order chi connectivity index (χ1) is 40.7. The van der Waals surface area contributed by atoms with Gasteiger partial charge in [0.25, 0.3) is 0 Å². The number of benzene rings is 8. The number of allylic oxidation sites excluding steroid dienone is 13. The van der Waals surface area contributed by atoms with Crippen LogP contribution in [0.25, 0.3) is 78.1 Å². The summed E-state index contributed by atoms with van der Waals surface area (Å²) in [5.74, 6) is 0.110. The number of nitrogens with zero attached hydrogens (tertiary/aromatic N) is 3. The largest absolute Gasteiger partial charge is 0.361 e. The minimum Gasteiger partial charge on any atom is -0.361 e. The number of fused-ring (bicyclic) bond motifs is 12. The normalized spacial score (nSPS) is 20.2. The molecule has 0 amide bonds. The van der Waals surface area contributed by atoms with Crippen molar-refractivity contribution in [2.24, 2.45) is 5.92 Å². The van der Waals surface area contributed by atoms with Crippen molar-refractivity contribution in [3.05, 3.63) is 330 Å². The van der Waals surface area contributed by atoms with Gasteiger partial charge >= 0.3 is 0 Å². The molecule has 4 nitrogen and oxygen atoms in total. The lowest BCUT2D eigenvalue weighted by Crippen LogP contribution is -2.30. The van der Waals surface area contributed by atoms with E-state index in [9.17, 15) is 0 Å². The van der Waals surface area contributed by atoms with Crippen molar-refractivity contribution >= 4 is 50.4 Å². The zero-order chi connectivity index (χ0) is 54.1. The van der Waals surface area contributed by atoms with Gasteiger partial charge < -0.3 is 14.8 Å². The first-order valence-electron chi connectivity index (χ1n) is 29.0. The van der Waals surface area contributed by atoms with Gasteiger partial charge in [-0.25, -0.2) is 0 Å². The summed E-state index contributed by atoms with van der Waals surface area (Å²) >= 11 is 0. The Morgan fingerprint density at radius 1 is 0.537 bits per heavy atom. The average molecular weight is 1050 g/mol. The van der Waals surface area contributed by atoms with E-state index < -0.39 is 0 Å². The lowest BCUT2D eigenvalue weighted by Gasteiger charge is -2.34. The van der Waals surface area contributed by atoms with Crippen LogP contribution in [0.3, 0.4) is 0 Å². The predicted octanol–water partition coefficient (Wildman–Crippen LogP) is 19.2. The van der Waals surface area contributed by atoms with Crippen LogP contribution in [0.5, 0.6) is 0 Å². The van der Waals surface area contributed by atoms with E-state index in [0.717, 1.165) is 59.5 Å². The molecular formula is C78H58N4. The van der Waals surface area contributed by atoms with Crippen LogP contribution in [0.1, 0.15) is 53.5 Å². The summed E-state index contributed by atoms with van der Waals surface area (Å²) in [6.45, 7) is 0. The number of para-hydroxylation sites is 1. The van der Waals surface area contributed by atoms with Gasteiger partial charge in [0, 0.05) is 69.2 Å². The number of nitrogens with one attached hydrogen (secondary N) is 1. The van der Waals surface area contributed by atoms with E-state index in [1.54, 1.807) is 0 Å². The molecule has 390 valence electrons. The van der Waals surface area contributed by atoms with Crippen molar-refractivity contribution in [1.82, 2.24) is 9.55 Å². The third-order valence-electron chi connectivity index (χ3n) is 18.1. The zero-order valence-electron chi connectivity index (χ0n) is 45.5. The Morgan fingerprint density at radius 3 is 1.98 bits per heavy atom. The molecule has 10 aromatic rings. The molecule has 3 heterocycles. The molecule has 6 aliphatic rings. The second-order valence-corrected chi connectivity index (χ2v) is 22.4. The molecule has 0 bridgehead atoms. The topological polar surface area (TPSA) is 33.1 Å². The summed E-state index contributed by atoms with van der Waals surface area (Å²) in [7, 11) is 0. The lowest BCUT2D eigenvalue weighted by atomic mass is 9.67. The fourth-order valence-electron chi connectivity index (χ4n) is 14.5. The molecule has 5 aliphatic carbocycles. The zero-order valence-corrected chi connectivity index (χ0v) is 45.5. The molecule has 2 aromatic heterocycles. The van der Waals surface area contributed by atoms with Gasteiger partial charge in [-0.05, 0) is 164 Å². The lowest BCUT2D eigenvalue weighted by molar-refractivity contribution is 0.702. The van der Waals surface area contributed by atoms with Crippen molar-refractivity contribution < 1.29 is 0 Å². The Labute approximate surface area is 479 Å². The summed E-state index contributed by atoms with van der Waals surface area (Å²) in [4.78, 5) is 7.05. The molecule has 8 aromatic carbocycles. The second kappa shape index (κ2) is 19.7. The smallest absolute Gasteiger partial charge is 0.0719 e. The van der Waals surface area contributed by atoms with Gasteiger partial charge in [0.2, 0.25) is 0 Å². The standard InChI is InChI=1S/C78H58N4/c1-3-18-52(19-4-1)54-35-41-60(42-36-54)81-74-33-14-10-27-64(74)68(51-80-59-40-45-65-63-26-9-13-32-73(63)82(76(65)49-59)61-43-37-55(38-44-61)53-20-5-2-6-21-53)75(81)34-16-23-56-22-15-31-72-77(56)66-28-8-12-30-70(66)78(72)69-29-11-7-25-62(69)67-48-57(39-46-71(67)78)58-24-17-47-79-50-58/h1-6,9-24,26-27,29-51,64,74,80H,7-8,25,28H2/b23-16-,68-51+,75-34+. The molecule has 0 radical (unpaired) electrons. The van der Waals surface area contributed by atoms with E-state index in [1.807, 2.05) is 18.5 Å². The highest BCUT2D eigenvalue weighted by atomic mass is 15.2.